The molecule has 1 aromatic rings. The lowest BCUT2D eigenvalue weighted by Gasteiger charge is -2.36. The maximum atomic E-state index is 5.70. The molecule has 1 aliphatic heterocycles. The van der Waals surface area contributed by atoms with E-state index < -0.39 is 0 Å². The number of hydrogen-bond donors (Lipinski definition) is 1. The van der Waals surface area contributed by atoms with E-state index in [0.717, 1.165) is 29.6 Å². The van der Waals surface area contributed by atoms with Crippen LogP contribution in [0.4, 0.5) is 5.69 Å². The Kier molecular flexibility index (Phi) is 3.50. The number of aromatic nitrogens is 1. The Morgan fingerprint density at radius 1 is 1.56 bits per heavy atom. The molecule has 16 heavy (non-hydrogen) atoms. The Bertz CT molecular complexity index is 368. The predicted octanol–water partition coefficient (Wildman–Crippen LogP) is 3.21. The van der Waals surface area contributed by atoms with Gasteiger partial charge in [-0.25, -0.2) is 0 Å². The molecule has 0 aromatic carbocycles. The lowest BCUT2D eigenvalue weighted by atomic mass is 9.94. The molecule has 88 valence electrons. The molecular weight excluding hydrogens is 268 g/mol. The number of nitrogens with zero attached hydrogens (tertiary/aromatic N) is 1. The first-order chi connectivity index (χ1) is 7.57. The van der Waals surface area contributed by atoms with E-state index in [1.165, 1.54) is 0 Å². The van der Waals surface area contributed by atoms with Crippen LogP contribution in [0.3, 0.4) is 0 Å². The summed E-state index contributed by atoms with van der Waals surface area (Å²) in [6, 6.07) is 2.47. The van der Waals surface area contributed by atoms with Gasteiger partial charge in [0.05, 0.1) is 15.8 Å². The monoisotopic (exact) mass is 284 g/mol. The van der Waals surface area contributed by atoms with Crippen molar-refractivity contribution in [1.82, 2.24) is 4.98 Å². The first kappa shape index (κ1) is 11.9. The fourth-order valence-corrected chi connectivity index (χ4v) is 2.43. The van der Waals surface area contributed by atoms with Crippen LogP contribution in [-0.4, -0.2) is 23.2 Å². The molecule has 1 N–H and O–H groups in total. The molecule has 3 nitrogen and oxygen atoms in total. The van der Waals surface area contributed by atoms with E-state index in [4.69, 9.17) is 4.74 Å². The Labute approximate surface area is 105 Å². The Morgan fingerprint density at radius 2 is 2.38 bits per heavy atom. The molecule has 1 aliphatic rings. The minimum Gasteiger partial charge on any atom is -0.381 e. The van der Waals surface area contributed by atoms with Gasteiger partial charge in [0.2, 0.25) is 0 Å². The normalized spacial score (nSPS) is 24.1. The summed E-state index contributed by atoms with van der Waals surface area (Å²) >= 11 is 3.50. The van der Waals surface area contributed by atoms with Crippen molar-refractivity contribution in [3.63, 3.8) is 0 Å². The van der Waals surface area contributed by atoms with Gasteiger partial charge in [0.15, 0.2) is 0 Å². The quantitative estimate of drug-likeness (QED) is 0.906. The van der Waals surface area contributed by atoms with Gasteiger partial charge in [-0.1, -0.05) is 0 Å². The highest BCUT2D eigenvalue weighted by Crippen LogP contribution is 2.28. The molecule has 0 radical (unpaired) electrons. The van der Waals surface area contributed by atoms with E-state index in [1.807, 2.05) is 12.3 Å². The van der Waals surface area contributed by atoms with Gasteiger partial charge in [0.25, 0.3) is 0 Å². The third-order valence-corrected chi connectivity index (χ3v) is 3.46. The van der Waals surface area contributed by atoms with Crippen molar-refractivity contribution in [3.8, 4) is 0 Å². The molecule has 2 heterocycles. The highest BCUT2D eigenvalue weighted by molar-refractivity contribution is 9.10. The maximum absolute atomic E-state index is 5.70. The first-order valence-corrected chi connectivity index (χ1v) is 6.36. The van der Waals surface area contributed by atoms with E-state index >= 15 is 0 Å². The lowest BCUT2D eigenvalue weighted by molar-refractivity contribution is -0.0553. The van der Waals surface area contributed by atoms with Crippen LogP contribution in [0.1, 0.15) is 26.7 Å². The minimum atomic E-state index is -0.0184. The largest absolute Gasteiger partial charge is 0.381 e. The van der Waals surface area contributed by atoms with Gasteiger partial charge >= 0.3 is 0 Å². The van der Waals surface area contributed by atoms with Gasteiger partial charge in [0.1, 0.15) is 0 Å². The standard InChI is InChI=1S/C12H17BrN2O/c1-12(2)7-9(4-6-16-12)15-11-3-5-14-8-10(11)13/h3,5,8-9H,4,6-7H2,1-2H3,(H,14,15). The van der Waals surface area contributed by atoms with Crippen LogP contribution in [0.15, 0.2) is 22.9 Å². The molecule has 0 aliphatic carbocycles. The minimum absolute atomic E-state index is 0.0184. The average molecular weight is 285 g/mol. The van der Waals surface area contributed by atoms with E-state index in [1.54, 1.807) is 6.20 Å². The van der Waals surface area contributed by atoms with Crippen molar-refractivity contribution in [2.75, 3.05) is 11.9 Å². The van der Waals surface area contributed by atoms with Crippen LogP contribution in [0.2, 0.25) is 0 Å². The number of pyridine rings is 1. The zero-order valence-electron chi connectivity index (χ0n) is 9.66. The van der Waals surface area contributed by atoms with Gasteiger partial charge in [-0.2, -0.15) is 0 Å². The van der Waals surface area contributed by atoms with E-state index in [2.05, 4.69) is 40.1 Å². The molecule has 0 bridgehead atoms. The zero-order chi connectivity index (χ0) is 11.6. The van der Waals surface area contributed by atoms with Crippen LogP contribution in [0, 0.1) is 0 Å². The fourth-order valence-electron chi connectivity index (χ4n) is 2.07. The number of halogens is 1. The second-order valence-electron chi connectivity index (χ2n) is 4.80. The smallest absolute Gasteiger partial charge is 0.0646 e. The molecule has 0 saturated carbocycles. The number of hydrogen-bond acceptors (Lipinski definition) is 3. The fraction of sp³-hybridized carbons (Fsp3) is 0.583. The molecular formula is C12H17BrN2O. The summed E-state index contributed by atoms with van der Waals surface area (Å²) in [6.45, 7) is 5.11. The van der Waals surface area contributed by atoms with Crippen LogP contribution in [0.5, 0.6) is 0 Å². The molecule has 2 rings (SSSR count). The molecule has 1 unspecified atom stereocenters. The molecule has 4 heteroatoms. The van der Waals surface area contributed by atoms with E-state index in [0.29, 0.717) is 6.04 Å². The van der Waals surface area contributed by atoms with Gasteiger partial charge in [-0.3, -0.25) is 4.98 Å². The van der Waals surface area contributed by atoms with Gasteiger partial charge < -0.3 is 10.1 Å². The summed E-state index contributed by atoms with van der Waals surface area (Å²) in [4.78, 5) is 4.06. The molecule has 1 fully saturated rings. The summed E-state index contributed by atoms with van der Waals surface area (Å²) < 4.78 is 6.71. The number of nitrogens with one attached hydrogen (secondary N) is 1. The van der Waals surface area contributed by atoms with Gasteiger partial charge in [-0.05, 0) is 48.7 Å². The van der Waals surface area contributed by atoms with Crippen LogP contribution < -0.4 is 5.32 Å². The van der Waals surface area contributed by atoms with Crippen molar-refractivity contribution in [1.29, 1.82) is 0 Å². The van der Waals surface area contributed by atoms with Crippen LogP contribution in [0.25, 0.3) is 0 Å². The summed E-state index contributed by atoms with van der Waals surface area (Å²) in [7, 11) is 0. The summed E-state index contributed by atoms with van der Waals surface area (Å²) in [5.74, 6) is 0. The topological polar surface area (TPSA) is 34.2 Å². The summed E-state index contributed by atoms with van der Waals surface area (Å²) in [6.07, 6.45) is 5.70. The van der Waals surface area contributed by atoms with Crippen molar-refractivity contribution >= 4 is 21.6 Å². The van der Waals surface area contributed by atoms with Crippen LogP contribution in [-0.2, 0) is 4.74 Å². The third-order valence-electron chi connectivity index (χ3n) is 2.83. The van der Waals surface area contributed by atoms with E-state index in [9.17, 15) is 0 Å². The zero-order valence-corrected chi connectivity index (χ0v) is 11.3. The average Bonchev–Trinajstić information content (AvgIpc) is 2.20. The number of rotatable bonds is 2. The molecule has 1 atom stereocenters. The maximum Gasteiger partial charge on any atom is 0.0646 e. The second-order valence-corrected chi connectivity index (χ2v) is 5.65. The Hall–Kier alpha value is -0.610. The summed E-state index contributed by atoms with van der Waals surface area (Å²) in [5.41, 5.74) is 1.09. The van der Waals surface area contributed by atoms with Gasteiger partial charge in [-0.15, -0.1) is 0 Å². The van der Waals surface area contributed by atoms with Crippen molar-refractivity contribution in [2.24, 2.45) is 0 Å². The predicted molar refractivity (Wildman–Crippen MR) is 68.6 cm³/mol. The van der Waals surface area contributed by atoms with Crippen molar-refractivity contribution in [2.45, 2.75) is 38.3 Å². The summed E-state index contributed by atoms with van der Waals surface area (Å²) in [5, 5.41) is 3.54. The molecule has 1 saturated heterocycles. The second kappa shape index (κ2) is 4.72. The number of anilines is 1. The SMILES string of the molecule is CC1(C)CC(Nc2ccncc2Br)CCO1. The molecule has 0 amide bonds. The number of ether oxygens (including phenoxy) is 1. The third kappa shape index (κ3) is 2.95. The lowest BCUT2D eigenvalue weighted by Crippen LogP contribution is -2.40. The molecule has 0 spiro atoms. The van der Waals surface area contributed by atoms with Gasteiger partial charge in [0, 0.05) is 25.0 Å². The van der Waals surface area contributed by atoms with Crippen molar-refractivity contribution < 1.29 is 4.74 Å². The molecule has 1 aromatic heterocycles. The first-order valence-electron chi connectivity index (χ1n) is 5.57. The Balaban J connectivity index is 2.02. The highest BCUT2D eigenvalue weighted by Gasteiger charge is 2.28. The van der Waals surface area contributed by atoms with Crippen LogP contribution >= 0.6 is 15.9 Å². The van der Waals surface area contributed by atoms with E-state index in [-0.39, 0.29) is 5.60 Å². The highest BCUT2D eigenvalue weighted by atomic mass is 79.9. The van der Waals surface area contributed by atoms with Crippen molar-refractivity contribution in [3.05, 3.63) is 22.9 Å². The Morgan fingerprint density at radius 3 is 3.06 bits per heavy atom.